The Balaban J connectivity index is 2.28. The fraction of sp³-hybridized carbons (Fsp3) is 0.448. The Labute approximate surface area is 213 Å². The number of likely N-dealkylation sites (tertiary alicyclic amines) is 1. The minimum absolute atomic E-state index is 0.0340. The molecule has 1 unspecified atom stereocenters. The van der Waals surface area contributed by atoms with Crippen molar-refractivity contribution in [2.24, 2.45) is 0 Å². The quantitative estimate of drug-likeness (QED) is 0.276. The van der Waals surface area contributed by atoms with Gasteiger partial charge in [0.1, 0.15) is 11.5 Å². The fourth-order valence-electron chi connectivity index (χ4n) is 4.59. The van der Waals surface area contributed by atoms with Gasteiger partial charge in [0, 0.05) is 23.2 Å². The van der Waals surface area contributed by atoms with E-state index in [0.29, 0.717) is 42.2 Å². The SMILES string of the molecule is CCCCN1C(=O)C(=O)/C(=C(/O)c2ccc(OCC)c(C(C)(C)C)c2)C1c1cccc(OC)c1OC. The molecule has 2 aromatic rings. The summed E-state index contributed by atoms with van der Waals surface area (Å²) in [5, 5.41) is 11.6. The number of hydrogen-bond donors (Lipinski definition) is 1. The molecule has 0 bridgehead atoms. The third-order valence-corrected chi connectivity index (χ3v) is 6.38. The lowest BCUT2D eigenvalue weighted by Gasteiger charge is -2.27. The Morgan fingerprint density at radius 3 is 2.33 bits per heavy atom. The van der Waals surface area contributed by atoms with Gasteiger partial charge in [0.05, 0.1) is 32.4 Å². The number of amides is 1. The number of aliphatic hydroxyl groups is 1. The number of Topliss-reactive ketones (excluding diaryl/α,β-unsaturated/α-hetero) is 1. The summed E-state index contributed by atoms with van der Waals surface area (Å²) in [5.74, 6) is 0.0341. The van der Waals surface area contributed by atoms with Gasteiger partial charge in [0.2, 0.25) is 0 Å². The van der Waals surface area contributed by atoms with Gasteiger partial charge in [-0.3, -0.25) is 9.59 Å². The summed E-state index contributed by atoms with van der Waals surface area (Å²) in [6.45, 7) is 11.0. The number of aliphatic hydroxyl groups excluding tert-OH is 1. The average Bonchev–Trinajstić information content (AvgIpc) is 3.10. The van der Waals surface area contributed by atoms with E-state index >= 15 is 0 Å². The van der Waals surface area contributed by atoms with E-state index < -0.39 is 17.7 Å². The van der Waals surface area contributed by atoms with Crippen LogP contribution in [-0.4, -0.2) is 49.1 Å². The molecule has 194 valence electrons. The Morgan fingerprint density at radius 1 is 1.03 bits per heavy atom. The van der Waals surface area contributed by atoms with Crippen molar-refractivity contribution < 1.29 is 28.9 Å². The number of carbonyl (C=O) groups is 2. The summed E-state index contributed by atoms with van der Waals surface area (Å²) in [4.78, 5) is 28.1. The number of nitrogens with zero attached hydrogens (tertiary/aromatic N) is 1. The standard InChI is InChI=1S/C29H37NO6/c1-8-10-16-30-24(19-12-11-13-22(34-6)27(19)35-7)23(26(32)28(30)33)25(31)18-14-15-21(36-9-2)20(17-18)29(3,4)5/h11-15,17,24,31H,8-10,16H2,1-7H3/b25-23+. The molecule has 0 saturated carbocycles. The van der Waals surface area contributed by atoms with E-state index in [-0.39, 0.29) is 16.7 Å². The van der Waals surface area contributed by atoms with Gasteiger partial charge in [-0.15, -0.1) is 0 Å². The minimum atomic E-state index is -0.814. The zero-order chi connectivity index (χ0) is 26.6. The van der Waals surface area contributed by atoms with Crippen LogP contribution in [0, 0.1) is 0 Å². The highest BCUT2D eigenvalue weighted by atomic mass is 16.5. The van der Waals surface area contributed by atoms with Crippen molar-refractivity contribution in [1.29, 1.82) is 0 Å². The topological polar surface area (TPSA) is 85.3 Å². The number of methoxy groups -OCH3 is 2. The van der Waals surface area contributed by atoms with Gasteiger partial charge < -0.3 is 24.2 Å². The fourth-order valence-corrected chi connectivity index (χ4v) is 4.59. The van der Waals surface area contributed by atoms with E-state index in [1.165, 1.54) is 19.1 Å². The third kappa shape index (κ3) is 5.06. The van der Waals surface area contributed by atoms with Crippen molar-refractivity contribution >= 4 is 17.4 Å². The summed E-state index contributed by atoms with van der Waals surface area (Å²) < 4.78 is 16.9. The summed E-state index contributed by atoms with van der Waals surface area (Å²) in [6, 6.07) is 9.87. The lowest BCUT2D eigenvalue weighted by molar-refractivity contribution is -0.139. The van der Waals surface area contributed by atoms with Crippen molar-refractivity contribution in [2.45, 2.75) is 58.9 Å². The number of hydrogen-bond acceptors (Lipinski definition) is 6. The molecule has 1 amide bonds. The molecule has 7 nitrogen and oxygen atoms in total. The van der Waals surface area contributed by atoms with Gasteiger partial charge in [-0.25, -0.2) is 0 Å². The molecule has 0 radical (unpaired) electrons. The summed E-state index contributed by atoms with van der Waals surface area (Å²) in [6.07, 6.45) is 1.56. The Bertz CT molecular complexity index is 1160. The maximum absolute atomic E-state index is 13.4. The van der Waals surface area contributed by atoms with Crippen molar-refractivity contribution in [3.8, 4) is 17.2 Å². The van der Waals surface area contributed by atoms with Crippen LogP contribution in [0.2, 0.25) is 0 Å². The van der Waals surface area contributed by atoms with Crippen LogP contribution in [0.5, 0.6) is 17.2 Å². The zero-order valence-corrected chi connectivity index (χ0v) is 22.3. The average molecular weight is 496 g/mol. The first-order valence-corrected chi connectivity index (χ1v) is 12.4. The normalized spacial score (nSPS) is 17.4. The largest absolute Gasteiger partial charge is 0.507 e. The first-order valence-electron chi connectivity index (χ1n) is 12.4. The van der Waals surface area contributed by atoms with Crippen LogP contribution < -0.4 is 14.2 Å². The van der Waals surface area contributed by atoms with E-state index in [1.807, 2.05) is 19.9 Å². The third-order valence-electron chi connectivity index (χ3n) is 6.38. The lowest BCUT2D eigenvalue weighted by atomic mass is 9.84. The predicted molar refractivity (Wildman–Crippen MR) is 140 cm³/mol. The van der Waals surface area contributed by atoms with Gasteiger partial charge >= 0.3 is 0 Å². The van der Waals surface area contributed by atoms with E-state index in [4.69, 9.17) is 14.2 Å². The van der Waals surface area contributed by atoms with Crippen molar-refractivity contribution in [3.05, 3.63) is 58.7 Å². The monoisotopic (exact) mass is 495 g/mol. The molecule has 1 aliphatic rings. The maximum atomic E-state index is 13.4. The number of benzene rings is 2. The van der Waals surface area contributed by atoms with Crippen molar-refractivity contribution in [3.63, 3.8) is 0 Å². The van der Waals surface area contributed by atoms with Crippen LogP contribution in [0.1, 0.15) is 70.2 Å². The van der Waals surface area contributed by atoms with E-state index in [9.17, 15) is 14.7 Å². The van der Waals surface area contributed by atoms with Gasteiger partial charge in [-0.2, -0.15) is 0 Å². The number of carbonyl (C=O) groups excluding carboxylic acids is 2. The molecule has 1 aliphatic heterocycles. The van der Waals surface area contributed by atoms with E-state index in [0.717, 1.165) is 17.7 Å². The maximum Gasteiger partial charge on any atom is 0.295 e. The number of unbranched alkanes of at least 4 members (excludes halogenated alkanes) is 1. The van der Waals surface area contributed by atoms with Gasteiger partial charge in [0.25, 0.3) is 11.7 Å². The number of ketones is 1. The number of para-hydroxylation sites is 1. The Morgan fingerprint density at radius 2 is 1.75 bits per heavy atom. The van der Waals surface area contributed by atoms with Gasteiger partial charge in [-0.05, 0) is 43.0 Å². The summed E-state index contributed by atoms with van der Waals surface area (Å²) in [5.41, 5.74) is 1.68. The van der Waals surface area contributed by atoms with E-state index in [2.05, 4.69) is 20.8 Å². The minimum Gasteiger partial charge on any atom is -0.507 e. The number of rotatable bonds is 9. The molecule has 1 fully saturated rings. The molecule has 0 spiro atoms. The molecule has 2 aromatic carbocycles. The highest BCUT2D eigenvalue weighted by molar-refractivity contribution is 6.46. The Kier molecular flexibility index (Phi) is 8.33. The van der Waals surface area contributed by atoms with Gasteiger partial charge in [0.15, 0.2) is 11.5 Å². The van der Waals surface area contributed by atoms with Crippen LogP contribution >= 0.6 is 0 Å². The molecule has 7 heteroatoms. The zero-order valence-electron chi connectivity index (χ0n) is 22.3. The highest BCUT2D eigenvalue weighted by Gasteiger charge is 2.47. The summed E-state index contributed by atoms with van der Waals surface area (Å²) in [7, 11) is 3.05. The van der Waals surface area contributed by atoms with Crippen molar-refractivity contribution in [2.75, 3.05) is 27.4 Å². The first-order chi connectivity index (χ1) is 17.1. The molecule has 0 aliphatic carbocycles. The first kappa shape index (κ1) is 27.1. The van der Waals surface area contributed by atoms with Gasteiger partial charge in [-0.1, -0.05) is 46.2 Å². The number of ether oxygens (including phenoxy) is 3. The van der Waals surface area contributed by atoms with Crippen LogP contribution in [-0.2, 0) is 15.0 Å². The molecular formula is C29H37NO6. The molecule has 1 heterocycles. The van der Waals surface area contributed by atoms with Crippen LogP contribution in [0.25, 0.3) is 5.76 Å². The highest BCUT2D eigenvalue weighted by Crippen LogP contribution is 2.46. The Hall–Kier alpha value is -3.48. The van der Waals surface area contributed by atoms with Crippen LogP contribution in [0.4, 0.5) is 0 Å². The molecule has 1 atom stereocenters. The molecule has 0 aromatic heterocycles. The summed E-state index contributed by atoms with van der Waals surface area (Å²) >= 11 is 0. The second-order valence-corrected chi connectivity index (χ2v) is 9.82. The predicted octanol–water partition coefficient (Wildman–Crippen LogP) is 5.62. The van der Waals surface area contributed by atoms with Crippen molar-refractivity contribution in [1.82, 2.24) is 4.90 Å². The molecule has 36 heavy (non-hydrogen) atoms. The molecular weight excluding hydrogens is 458 g/mol. The smallest absolute Gasteiger partial charge is 0.295 e. The molecule has 1 N–H and O–H groups in total. The molecule has 1 saturated heterocycles. The lowest BCUT2D eigenvalue weighted by Crippen LogP contribution is -2.30. The molecule has 3 rings (SSSR count). The van der Waals surface area contributed by atoms with E-state index in [1.54, 1.807) is 30.3 Å². The van der Waals surface area contributed by atoms with Crippen LogP contribution in [0.15, 0.2) is 42.0 Å². The van der Waals surface area contributed by atoms with Crippen LogP contribution in [0.3, 0.4) is 0 Å². The second kappa shape index (κ2) is 11.1. The second-order valence-electron chi connectivity index (χ2n) is 9.82.